The van der Waals surface area contributed by atoms with Crippen LogP contribution in [0.1, 0.15) is 0 Å². The van der Waals surface area contributed by atoms with E-state index in [0.29, 0.717) is 0 Å². The summed E-state index contributed by atoms with van der Waals surface area (Å²) in [4.78, 5) is 2.42. The largest absolute Gasteiger partial charge is 0.310 e. The van der Waals surface area contributed by atoms with Crippen LogP contribution in [0.15, 0.2) is 176 Å². The van der Waals surface area contributed by atoms with Crippen LogP contribution < -0.4 is 4.90 Å². The first-order chi connectivity index (χ1) is 23.8. The van der Waals surface area contributed by atoms with E-state index in [1.807, 2.05) is 11.3 Å². The first-order valence-corrected chi connectivity index (χ1v) is 17.2. The molecule has 0 fully saturated rings. The number of fused-ring (bicyclic) bond motifs is 10. The van der Waals surface area contributed by atoms with Crippen molar-refractivity contribution in [2.75, 3.05) is 4.90 Å². The van der Waals surface area contributed by atoms with E-state index in [-0.39, 0.29) is 0 Å². The third kappa shape index (κ3) is 4.31. The van der Waals surface area contributed by atoms with E-state index in [1.165, 1.54) is 74.4 Å². The minimum absolute atomic E-state index is 1.13. The molecule has 2 heteroatoms. The van der Waals surface area contributed by atoms with Crippen molar-refractivity contribution in [3.63, 3.8) is 0 Å². The number of rotatable bonds is 4. The van der Waals surface area contributed by atoms with Crippen LogP contribution >= 0.6 is 11.3 Å². The van der Waals surface area contributed by atoms with Gasteiger partial charge >= 0.3 is 0 Å². The molecule has 0 N–H and O–H groups in total. The molecular weight excluding hydrogens is 599 g/mol. The molecule has 0 aliphatic rings. The zero-order chi connectivity index (χ0) is 31.6. The number of hydrogen-bond donors (Lipinski definition) is 0. The molecule has 0 aliphatic carbocycles. The average Bonchev–Trinajstić information content (AvgIpc) is 3.54. The summed E-state index contributed by atoms with van der Waals surface area (Å²) in [6, 6.07) is 64.6. The van der Waals surface area contributed by atoms with Gasteiger partial charge in [0.2, 0.25) is 0 Å². The lowest BCUT2D eigenvalue weighted by molar-refractivity contribution is 1.30. The van der Waals surface area contributed by atoms with Gasteiger partial charge in [0.15, 0.2) is 0 Å². The minimum Gasteiger partial charge on any atom is -0.310 e. The Hall–Kier alpha value is -5.96. The second-order valence-corrected chi connectivity index (χ2v) is 13.6. The maximum Gasteiger partial charge on any atom is 0.0468 e. The van der Waals surface area contributed by atoms with Gasteiger partial charge in [-0.3, -0.25) is 0 Å². The molecule has 10 rings (SSSR count). The van der Waals surface area contributed by atoms with Crippen molar-refractivity contribution in [3.8, 4) is 11.1 Å². The van der Waals surface area contributed by atoms with Crippen molar-refractivity contribution in [1.82, 2.24) is 0 Å². The van der Waals surface area contributed by atoms with E-state index in [4.69, 9.17) is 0 Å². The van der Waals surface area contributed by atoms with Crippen LogP contribution in [-0.4, -0.2) is 0 Å². The second-order valence-electron chi connectivity index (χ2n) is 12.6. The molecule has 48 heavy (non-hydrogen) atoms. The van der Waals surface area contributed by atoms with Gasteiger partial charge in [0.05, 0.1) is 0 Å². The molecule has 224 valence electrons. The van der Waals surface area contributed by atoms with Gasteiger partial charge in [-0.2, -0.15) is 0 Å². The van der Waals surface area contributed by atoms with Crippen LogP contribution in [0.3, 0.4) is 0 Å². The Morgan fingerprint density at radius 3 is 1.85 bits per heavy atom. The summed E-state index contributed by atoms with van der Waals surface area (Å²) < 4.78 is 2.68. The Labute approximate surface area is 282 Å². The molecule has 0 saturated heterocycles. The van der Waals surface area contributed by atoms with Gasteiger partial charge < -0.3 is 4.90 Å². The van der Waals surface area contributed by atoms with Crippen LogP contribution in [-0.2, 0) is 0 Å². The summed E-state index contributed by atoms with van der Waals surface area (Å²) in [7, 11) is 0. The van der Waals surface area contributed by atoms with Crippen LogP contribution in [0, 0.1) is 0 Å². The van der Waals surface area contributed by atoms with E-state index < -0.39 is 0 Å². The standard InChI is InChI=1S/C46H29NS/c1-2-9-30(10-3-1)34-12-8-13-36(27-34)47(37-24-26-40-35(28-37)22-25-42-41-15-6-7-16-44(41)48-46(40)42)38-23-21-32-18-20-33-19-17-31-11-4-5-14-39(31)45(33)43(32)29-38/h1-29H. The average molecular weight is 628 g/mol. The lowest BCUT2D eigenvalue weighted by Crippen LogP contribution is -2.10. The third-order valence-electron chi connectivity index (χ3n) is 9.78. The van der Waals surface area contributed by atoms with Crippen molar-refractivity contribution in [1.29, 1.82) is 0 Å². The molecule has 9 aromatic carbocycles. The summed E-state index contributed by atoms with van der Waals surface area (Å²) in [5.74, 6) is 0. The number of thiophene rings is 1. The van der Waals surface area contributed by atoms with Gasteiger partial charge in [-0.25, -0.2) is 0 Å². The Morgan fingerprint density at radius 1 is 0.333 bits per heavy atom. The maximum atomic E-state index is 2.42. The molecule has 0 bridgehead atoms. The molecule has 10 aromatic rings. The van der Waals surface area contributed by atoms with E-state index >= 15 is 0 Å². The summed E-state index contributed by atoms with van der Waals surface area (Å²) >= 11 is 1.89. The lowest BCUT2D eigenvalue weighted by Gasteiger charge is -2.27. The van der Waals surface area contributed by atoms with Gasteiger partial charge in [-0.05, 0) is 96.7 Å². The molecule has 1 heterocycles. The number of benzene rings is 9. The summed E-state index contributed by atoms with van der Waals surface area (Å²) in [5, 5.41) is 12.8. The lowest BCUT2D eigenvalue weighted by atomic mass is 9.96. The highest BCUT2D eigenvalue weighted by molar-refractivity contribution is 7.26. The Balaban J connectivity index is 1.22. The molecule has 0 atom stereocenters. The normalized spacial score (nSPS) is 11.8. The van der Waals surface area contributed by atoms with Crippen molar-refractivity contribution in [3.05, 3.63) is 176 Å². The molecule has 0 radical (unpaired) electrons. The number of anilines is 3. The van der Waals surface area contributed by atoms with Gasteiger partial charge in [0, 0.05) is 37.2 Å². The zero-order valence-corrected chi connectivity index (χ0v) is 26.9. The predicted molar refractivity (Wildman–Crippen MR) is 209 cm³/mol. The fraction of sp³-hybridized carbons (Fsp3) is 0. The molecule has 1 aromatic heterocycles. The van der Waals surface area contributed by atoms with Crippen LogP contribution in [0.2, 0.25) is 0 Å². The third-order valence-corrected chi connectivity index (χ3v) is 11.0. The van der Waals surface area contributed by atoms with Crippen molar-refractivity contribution in [2.45, 2.75) is 0 Å². The smallest absolute Gasteiger partial charge is 0.0468 e. The van der Waals surface area contributed by atoms with Crippen molar-refractivity contribution < 1.29 is 0 Å². The topological polar surface area (TPSA) is 3.24 Å². The Bertz CT molecular complexity index is 2840. The van der Waals surface area contributed by atoms with Crippen LogP contribution in [0.5, 0.6) is 0 Å². The summed E-state index contributed by atoms with van der Waals surface area (Å²) in [5.41, 5.74) is 5.81. The second kappa shape index (κ2) is 10.8. The van der Waals surface area contributed by atoms with E-state index in [9.17, 15) is 0 Å². The van der Waals surface area contributed by atoms with Gasteiger partial charge in [-0.15, -0.1) is 11.3 Å². The fourth-order valence-electron chi connectivity index (χ4n) is 7.49. The highest BCUT2D eigenvalue weighted by Crippen LogP contribution is 2.43. The Morgan fingerprint density at radius 2 is 0.958 bits per heavy atom. The molecule has 0 unspecified atom stereocenters. The molecule has 0 aliphatic heterocycles. The summed E-state index contributed by atoms with van der Waals surface area (Å²) in [6.07, 6.45) is 0. The Kier molecular flexibility index (Phi) is 6.12. The van der Waals surface area contributed by atoms with Gasteiger partial charge in [-0.1, -0.05) is 133 Å². The minimum atomic E-state index is 1.13. The number of nitrogens with zero attached hydrogens (tertiary/aromatic N) is 1. The fourth-order valence-corrected chi connectivity index (χ4v) is 8.73. The van der Waals surface area contributed by atoms with Gasteiger partial charge in [0.1, 0.15) is 0 Å². The molecule has 0 amide bonds. The number of hydrogen-bond acceptors (Lipinski definition) is 2. The van der Waals surface area contributed by atoms with Crippen LogP contribution in [0.25, 0.3) is 74.4 Å². The first kappa shape index (κ1) is 27.2. The molecular formula is C46H29NS. The first-order valence-electron chi connectivity index (χ1n) is 16.4. The molecule has 0 spiro atoms. The van der Waals surface area contributed by atoms with E-state index in [1.54, 1.807) is 0 Å². The van der Waals surface area contributed by atoms with Gasteiger partial charge in [0.25, 0.3) is 0 Å². The van der Waals surface area contributed by atoms with Crippen molar-refractivity contribution in [2.24, 2.45) is 0 Å². The van der Waals surface area contributed by atoms with Crippen LogP contribution in [0.4, 0.5) is 17.1 Å². The maximum absolute atomic E-state index is 2.42. The van der Waals surface area contributed by atoms with E-state index in [2.05, 4.69) is 181 Å². The highest BCUT2D eigenvalue weighted by atomic mass is 32.1. The molecule has 1 nitrogen and oxygen atoms in total. The monoisotopic (exact) mass is 627 g/mol. The van der Waals surface area contributed by atoms with Crippen molar-refractivity contribution >= 4 is 91.7 Å². The molecule has 0 saturated carbocycles. The quantitative estimate of drug-likeness (QED) is 0.176. The zero-order valence-electron chi connectivity index (χ0n) is 26.1. The SMILES string of the molecule is c1ccc(-c2cccc(N(c3ccc4c(ccc5c6ccccc6sc45)c3)c3ccc4ccc5ccc6ccccc6c5c4c3)c2)cc1. The summed E-state index contributed by atoms with van der Waals surface area (Å²) in [6.45, 7) is 0. The predicted octanol–water partition coefficient (Wildman–Crippen LogP) is 13.8. The highest BCUT2D eigenvalue weighted by Gasteiger charge is 2.17. The van der Waals surface area contributed by atoms with E-state index in [0.717, 1.165) is 17.1 Å².